The normalized spacial score (nSPS) is 26.7. The molecule has 1 spiro atoms. The average Bonchev–Trinajstić information content (AvgIpc) is 3.40. The second-order valence-electron chi connectivity index (χ2n) is 8.14. The number of nitrogens with zero attached hydrogens (tertiary/aromatic N) is 3. The third-order valence-electron chi connectivity index (χ3n) is 6.49. The number of carbonyl (C=O) groups excluding carboxylic acids is 1. The molecule has 150 valence electrons. The molecule has 0 atom stereocenters. The van der Waals surface area contributed by atoms with Crippen LogP contribution in [0.1, 0.15) is 64.7 Å². The Hall–Kier alpha value is -1.77. The van der Waals surface area contributed by atoms with E-state index < -0.39 is 0 Å². The first-order valence-electron chi connectivity index (χ1n) is 10.4. The molecule has 1 saturated carbocycles. The first-order valence-corrected chi connectivity index (χ1v) is 11.2. The Balaban J connectivity index is 1.24. The number of nitrogens with one attached hydrogen (secondary N) is 2. The maximum atomic E-state index is 12.9. The first-order chi connectivity index (χ1) is 13.7. The van der Waals surface area contributed by atoms with Crippen molar-refractivity contribution in [2.45, 2.75) is 62.6 Å². The number of hydrogen-bond donors (Lipinski definition) is 2. The molecule has 0 aromatic carbocycles. The Kier molecular flexibility index (Phi) is 4.94. The largest absolute Gasteiger partial charge is 0.370 e. The van der Waals surface area contributed by atoms with E-state index in [1.54, 1.807) is 24.0 Å². The maximum absolute atomic E-state index is 12.9. The van der Waals surface area contributed by atoms with Gasteiger partial charge in [-0.2, -0.15) is 5.10 Å². The standard InChI is InChI=1S/C20H27N5O2S/c26-19(24-14-1-3-15(4-2-14)25-13-22-12-23-25)18-11-16-17(28-18)5-10-27-20(16)6-8-21-9-7-20/h11-15,21H,1-10H2,(H,24,26). The number of ether oxygens (including phenoxy) is 1. The molecule has 1 amide bonds. The number of carbonyl (C=O) groups is 1. The maximum Gasteiger partial charge on any atom is 0.261 e. The summed E-state index contributed by atoms with van der Waals surface area (Å²) in [6.45, 7) is 2.72. The Morgan fingerprint density at radius 1 is 1.29 bits per heavy atom. The SMILES string of the molecule is O=C(NC1CCC(n2cncn2)CC1)c1cc2c(s1)CCOC21CCNCC1. The molecule has 8 heteroatoms. The van der Waals surface area contributed by atoms with Gasteiger partial charge in [-0.3, -0.25) is 4.79 Å². The van der Waals surface area contributed by atoms with Gasteiger partial charge in [0, 0.05) is 17.3 Å². The smallest absolute Gasteiger partial charge is 0.261 e. The summed E-state index contributed by atoms with van der Waals surface area (Å²) >= 11 is 1.66. The zero-order chi connectivity index (χ0) is 19.0. The number of fused-ring (bicyclic) bond motifs is 2. The lowest BCUT2D eigenvalue weighted by Gasteiger charge is -2.40. The number of aromatic nitrogens is 3. The highest BCUT2D eigenvalue weighted by Gasteiger charge is 2.40. The number of rotatable bonds is 3. The van der Waals surface area contributed by atoms with E-state index in [4.69, 9.17) is 4.74 Å². The number of thiophene rings is 1. The van der Waals surface area contributed by atoms with Gasteiger partial charge in [0.05, 0.1) is 23.1 Å². The van der Waals surface area contributed by atoms with E-state index in [9.17, 15) is 4.79 Å². The number of piperidine rings is 1. The number of amides is 1. The molecule has 4 heterocycles. The van der Waals surface area contributed by atoms with Gasteiger partial charge in [0.2, 0.25) is 0 Å². The second kappa shape index (κ2) is 7.57. The second-order valence-corrected chi connectivity index (χ2v) is 9.28. The lowest BCUT2D eigenvalue weighted by atomic mass is 9.83. The molecule has 1 saturated heterocycles. The topological polar surface area (TPSA) is 81.1 Å². The van der Waals surface area contributed by atoms with Gasteiger partial charge in [-0.1, -0.05) is 0 Å². The molecule has 0 radical (unpaired) electrons. The molecule has 3 aliphatic rings. The van der Waals surface area contributed by atoms with Crippen LogP contribution in [0.3, 0.4) is 0 Å². The van der Waals surface area contributed by atoms with Crippen LogP contribution >= 0.6 is 11.3 Å². The zero-order valence-electron chi connectivity index (χ0n) is 16.0. The van der Waals surface area contributed by atoms with Crippen molar-refractivity contribution in [1.29, 1.82) is 0 Å². The highest BCUT2D eigenvalue weighted by atomic mass is 32.1. The van der Waals surface area contributed by atoms with Crippen molar-refractivity contribution in [3.63, 3.8) is 0 Å². The van der Waals surface area contributed by atoms with Crippen molar-refractivity contribution in [3.8, 4) is 0 Å². The summed E-state index contributed by atoms with van der Waals surface area (Å²) < 4.78 is 8.19. The van der Waals surface area contributed by atoms with Gasteiger partial charge in [0.25, 0.3) is 5.91 Å². The van der Waals surface area contributed by atoms with Crippen molar-refractivity contribution in [3.05, 3.63) is 34.0 Å². The summed E-state index contributed by atoms with van der Waals surface area (Å²) in [4.78, 5) is 19.2. The molecule has 2 N–H and O–H groups in total. The third kappa shape index (κ3) is 3.38. The van der Waals surface area contributed by atoms with Gasteiger partial charge < -0.3 is 15.4 Å². The fourth-order valence-electron chi connectivity index (χ4n) is 4.92. The van der Waals surface area contributed by atoms with Gasteiger partial charge in [-0.15, -0.1) is 11.3 Å². The van der Waals surface area contributed by atoms with E-state index in [0.717, 1.165) is 69.5 Å². The molecule has 7 nitrogen and oxygen atoms in total. The van der Waals surface area contributed by atoms with Crippen LogP contribution < -0.4 is 10.6 Å². The Bertz CT molecular complexity index is 820. The highest BCUT2D eigenvalue weighted by Crippen LogP contribution is 2.43. The zero-order valence-corrected chi connectivity index (χ0v) is 16.8. The van der Waals surface area contributed by atoms with Crippen LogP contribution in [0, 0.1) is 0 Å². The molecule has 5 rings (SSSR count). The van der Waals surface area contributed by atoms with Crippen LogP contribution in [0.2, 0.25) is 0 Å². The minimum absolute atomic E-state index is 0.0766. The van der Waals surface area contributed by atoms with E-state index in [0.29, 0.717) is 6.04 Å². The highest BCUT2D eigenvalue weighted by molar-refractivity contribution is 7.14. The monoisotopic (exact) mass is 401 g/mol. The molecule has 0 unspecified atom stereocenters. The van der Waals surface area contributed by atoms with Crippen LogP contribution in [0.5, 0.6) is 0 Å². The van der Waals surface area contributed by atoms with Gasteiger partial charge in [0.1, 0.15) is 12.7 Å². The van der Waals surface area contributed by atoms with Gasteiger partial charge in [0.15, 0.2) is 0 Å². The molecule has 0 bridgehead atoms. The molecule has 2 fully saturated rings. The summed E-state index contributed by atoms with van der Waals surface area (Å²) in [5.41, 5.74) is 1.09. The summed E-state index contributed by atoms with van der Waals surface area (Å²) in [5, 5.41) is 10.9. The van der Waals surface area contributed by atoms with Gasteiger partial charge >= 0.3 is 0 Å². The predicted octanol–water partition coefficient (Wildman–Crippen LogP) is 2.40. The van der Waals surface area contributed by atoms with Crippen LogP contribution in [-0.4, -0.2) is 46.4 Å². The molecule has 1 aliphatic carbocycles. The quantitative estimate of drug-likeness (QED) is 0.826. The van der Waals surface area contributed by atoms with Gasteiger partial charge in [-0.05, 0) is 63.2 Å². The molecule has 28 heavy (non-hydrogen) atoms. The lowest BCUT2D eigenvalue weighted by molar-refractivity contribution is -0.0792. The Labute approximate surface area is 168 Å². The van der Waals surface area contributed by atoms with Crippen LogP contribution in [-0.2, 0) is 16.8 Å². The van der Waals surface area contributed by atoms with E-state index >= 15 is 0 Å². The van der Waals surface area contributed by atoms with Crippen molar-refractivity contribution < 1.29 is 9.53 Å². The summed E-state index contributed by atoms with van der Waals surface area (Å²) in [7, 11) is 0. The molecule has 2 aliphatic heterocycles. The van der Waals surface area contributed by atoms with Crippen molar-refractivity contribution in [2.24, 2.45) is 0 Å². The minimum atomic E-state index is -0.177. The average molecular weight is 402 g/mol. The van der Waals surface area contributed by atoms with Crippen LogP contribution in [0.4, 0.5) is 0 Å². The summed E-state index contributed by atoms with van der Waals surface area (Å²) in [6, 6.07) is 2.76. The Morgan fingerprint density at radius 3 is 2.86 bits per heavy atom. The third-order valence-corrected chi connectivity index (χ3v) is 7.68. The molecular formula is C20H27N5O2S. The van der Waals surface area contributed by atoms with Crippen molar-refractivity contribution in [1.82, 2.24) is 25.4 Å². The molecule has 2 aromatic rings. The fourth-order valence-corrected chi connectivity index (χ4v) is 6.05. The Morgan fingerprint density at radius 2 is 2.11 bits per heavy atom. The molecule has 2 aromatic heterocycles. The van der Waals surface area contributed by atoms with E-state index in [-0.39, 0.29) is 17.6 Å². The van der Waals surface area contributed by atoms with Gasteiger partial charge in [-0.25, -0.2) is 9.67 Å². The minimum Gasteiger partial charge on any atom is -0.370 e. The summed E-state index contributed by atoms with van der Waals surface area (Å²) in [5.74, 6) is 0.0766. The van der Waals surface area contributed by atoms with E-state index in [2.05, 4.69) is 26.8 Å². The first kappa shape index (κ1) is 18.3. The van der Waals surface area contributed by atoms with Crippen LogP contribution in [0.25, 0.3) is 0 Å². The van der Waals surface area contributed by atoms with E-state index in [1.165, 1.54) is 10.4 Å². The van der Waals surface area contributed by atoms with E-state index in [1.807, 2.05) is 4.68 Å². The fraction of sp³-hybridized carbons (Fsp3) is 0.650. The summed E-state index contributed by atoms with van der Waals surface area (Å²) in [6.07, 6.45) is 10.3. The van der Waals surface area contributed by atoms with Crippen LogP contribution in [0.15, 0.2) is 18.7 Å². The predicted molar refractivity (Wildman–Crippen MR) is 107 cm³/mol. The van der Waals surface area contributed by atoms with Crippen molar-refractivity contribution >= 4 is 17.2 Å². The van der Waals surface area contributed by atoms with Crippen molar-refractivity contribution in [2.75, 3.05) is 19.7 Å². The number of hydrogen-bond acceptors (Lipinski definition) is 6. The molecular weight excluding hydrogens is 374 g/mol. The lowest BCUT2D eigenvalue weighted by Crippen LogP contribution is -2.44.